The Morgan fingerprint density at radius 2 is 2.13 bits per heavy atom. The third kappa shape index (κ3) is 1.67. The van der Waals surface area contributed by atoms with Crippen LogP contribution < -0.4 is 0 Å². The molecule has 0 saturated heterocycles. The number of carbonyl (C=O) groups excluding carboxylic acids is 1. The Balaban J connectivity index is 2.50. The summed E-state index contributed by atoms with van der Waals surface area (Å²) in [4.78, 5) is 11.8. The van der Waals surface area contributed by atoms with E-state index in [2.05, 4.69) is 0 Å². The van der Waals surface area contributed by atoms with Crippen LogP contribution in [-0.4, -0.2) is 12.4 Å². The second-order valence-corrected chi connectivity index (χ2v) is 3.62. The molecule has 2 heteroatoms. The highest BCUT2D eigenvalue weighted by molar-refractivity contribution is 6.25. The Bertz CT molecular complexity index is 430. The fraction of sp³-hybridized carbons (Fsp3) is 0.308. The van der Waals surface area contributed by atoms with Crippen molar-refractivity contribution in [2.75, 3.05) is 6.61 Å². The number of benzene rings is 1. The predicted molar refractivity (Wildman–Crippen MR) is 59.4 cm³/mol. The molecule has 0 spiro atoms. The largest absolute Gasteiger partial charge is 0.498 e. The highest BCUT2D eigenvalue weighted by Gasteiger charge is 2.26. The standard InChI is InChI=1S/C13H14O2/c1-3-15-9(2)13-11-7-5-4-6-10(11)8-12(13)14/h4-7H,3,8H2,1-2H3/b13-9-. The summed E-state index contributed by atoms with van der Waals surface area (Å²) in [6.07, 6.45) is 0.510. The van der Waals surface area contributed by atoms with Crippen molar-refractivity contribution in [1.82, 2.24) is 0 Å². The molecule has 0 N–H and O–H groups in total. The van der Waals surface area contributed by atoms with Crippen LogP contribution in [0.15, 0.2) is 30.0 Å². The summed E-state index contributed by atoms with van der Waals surface area (Å²) in [6.45, 7) is 4.39. The fourth-order valence-corrected chi connectivity index (χ4v) is 2.00. The summed E-state index contributed by atoms with van der Waals surface area (Å²) in [5.74, 6) is 0.912. The lowest BCUT2D eigenvalue weighted by Gasteiger charge is -2.07. The third-order valence-electron chi connectivity index (χ3n) is 2.63. The van der Waals surface area contributed by atoms with Gasteiger partial charge in [-0.3, -0.25) is 4.79 Å². The normalized spacial score (nSPS) is 17.6. The Hall–Kier alpha value is -1.57. The van der Waals surface area contributed by atoms with Crippen LogP contribution in [0.4, 0.5) is 0 Å². The van der Waals surface area contributed by atoms with E-state index in [9.17, 15) is 4.79 Å². The number of ketones is 1. The SMILES string of the molecule is CCO/C(C)=C1\C(=O)Cc2ccccc21. The maximum atomic E-state index is 11.8. The second-order valence-electron chi connectivity index (χ2n) is 3.62. The van der Waals surface area contributed by atoms with Crippen LogP contribution in [0.1, 0.15) is 25.0 Å². The second kappa shape index (κ2) is 3.89. The topological polar surface area (TPSA) is 26.3 Å². The molecule has 2 rings (SSSR count). The Morgan fingerprint density at radius 1 is 1.40 bits per heavy atom. The first-order valence-electron chi connectivity index (χ1n) is 5.19. The minimum Gasteiger partial charge on any atom is -0.498 e. The molecule has 1 aromatic carbocycles. The molecule has 1 aromatic rings. The third-order valence-corrected chi connectivity index (χ3v) is 2.63. The fourth-order valence-electron chi connectivity index (χ4n) is 2.00. The molecule has 1 aliphatic carbocycles. The van der Waals surface area contributed by atoms with Crippen LogP contribution in [0.5, 0.6) is 0 Å². The molecule has 15 heavy (non-hydrogen) atoms. The molecule has 0 aromatic heterocycles. The average molecular weight is 202 g/mol. The average Bonchev–Trinajstić information content (AvgIpc) is 2.54. The number of ether oxygens (including phenoxy) is 1. The molecule has 78 valence electrons. The molecule has 2 nitrogen and oxygen atoms in total. The van der Waals surface area contributed by atoms with Crippen molar-refractivity contribution in [3.05, 3.63) is 41.2 Å². The smallest absolute Gasteiger partial charge is 0.171 e. The zero-order valence-electron chi connectivity index (χ0n) is 9.04. The van der Waals surface area contributed by atoms with Gasteiger partial charge in [-0.1, -0.05) is 24.3 Å². The van der Waals surface area contributed by atoms with Gasteiger partial charge in [0, 0.05) is 6.42 Å². The lowest BCUT2D eigenvalue weighted by molar-refractivity contribution is -0.112. The molecule has 0 bridgehead atoms. The van der Waals surface area contributed by atoms with Crippen molar-refractivity contribution in [2.45, 2.75) is 20.3 Å². The summed E-state index contributed by atoms with van der Waals surface area (Å²) in [6, 6.07) is 7.90. The van der Waals surface area contributed by atoms with E-state index in [1.165, 1.54) is 0 Å². The molecule has 0 amide bonds. The van der Waals surface area contributed by atoms with Gasteiger partial charge >= 0.3 is 0 Å². The first-order chi connectivity index (χ1) is 7.24. The molecule has 0 fully saturated rings. The van der Waals surface area contributed by atoms with Crippen molar-refractivity contribution < 1.29 is 9.53 Å². The van der Waals surface area contributed by atoms with E-state index < -0.39 is 0 Å². The number of fused-ring (bicyclic) bond motifs is 1. The van der Waals surface area contributed by atoms with Gasteiger partial charge in [-0.15, -0.1) is 0 Å². The Labute approximate surface area is 89.6 Å². The molecule has 0 heterocycles. The van der Waals surface area contributed by atoms with Gasteiger partial charge < -0.3 is 4.74 Å². The minimum absolute atomic E-state index is 0.169. The van der Waals surface area contributed by atoms with Gasteiger partial charge in [0.2, 0.25) is 0 Å². The number of hydrogen-bond donors (Lipinski definition) is 0. The summed E-state index contributed by atoms with van der Waals surface area (Å²) in [7, 11) is 0. The van der Waals surface area contributed by atoms with E-state index in [4.69, 9.17) is 4.74 Å². The maximum absolute atomic E-state index is 11.8. The van der Waals surface area contributed by atoms with Crippen LogP contribution in [0.25, 0.3) is 5.57 Å². The minimum atomic E-state index is 0.169. The molecule has 0 saturated carbocycles. The lowest BCUT2D eigenvalue weighted by atomic mass is 10.1. The van der Waals surface area contributed by atoms with Crippen molar-refractivity contribution >= 4 is 11.4 Å². The van der Waals surface area contributed by atoms with Crippen LogP contribution in [0.3, 0.4) is 0 Å². The highest BCUT2D eigenvalue weighted by atomic mass is 16.5. The maximum Gasteiger partial charge on any atom is 0.171 e. The Morgan fingerprint density at radius 3 is 2.87 bits per heavy atom. The summed E-state index contributed by atoms with van der Waals surface area (Å²) in [5, 5.41) is 0. The van der Waals surface area contributed by atoms with Crippen molar-refractivity contribution in [1.29, 1.82) is 0 Å². The molecule has 0 atom stereocenters. The highest BCUT2D eigenvalue weighted by Crippen LogP contribution is 2.31. The first-order valence-corrected chi connectivity index (χ1v) is 5.19. The van der Waals surface area contributed by atoms with Crippen molar-refractivity contribution in [3.8, 4) is 0 Å². The number of rotatable bonds is 2. The molecule has 1 aliphatic rings. The predicted octanol–water partition coefficient (Wildman–Crippen LogP) is 2.58. The van der Waals surface area contributed by atoms with Crippen LogP contribution in [0.2, 0.25) is 0 Å². The zero-order chi connectivity index (χ0) is 10.8. The summed E-state index contributed by atoms with van der Waals surface area (Å²) < 4.78 is 5.41. The number of carbonyl (C=O) groups is 1. The van der Waals surface area contributed by atoms with E-state index in [-0.39, 0.29) is 5.78 Å². The summed E-state index contributed by atoms with van der Waals surface area (Å²) >= 11 is 0. The van der Waals surface area contributed by atoms with E-state index >= 15 is 0 Å². The molecule has 0 radical (unpaired) electrons. The van der Waals surface area contributed by atoms with E-state index in [1.54, 1.807) is 0 Å². The van der Waals surface area contributed by atoms with Gasteiger partial charge in [0.05, 0.1) is 12.2 Å². The monoisotopic (exact) mass is 202 g/mol. The van der Waals surface area contributed by atoms with Gasteiger partial charge in [-0.25, -0.2) is 0 Å². The zero-order valence-corrected chi connectivity index (χ0v) is 9.04. The number of Topliss-reactive ketones (excluding diaryl/α,β-unsaturated/α-hetero) is 1. The van der Waals surface area contributed by atoms with Crippen molar-refractivity contribution in [2.24, 2.45) is 0 Å². The molecule has 0 unspecified atom stereocenters. The van der Waals surface area contributed by atoms with Crippen LogP contribution in [-0.2, 0) is 16.0 Å². The van der Waals surface area contributed by atoms with E-state index in [0.717, 1.165) is 22.5 Å². The number of hydrogen-bond acceptors (Lipinski definition) is 2. The van der Waals surface area contributed by atoms with Crippen LogP contribution in [0, 0.1) is 0 Å². The lowest BCUT2D eigenvalue weighted by Crippen LogP contribution is -1.99. The van der Waals surface area contributed by atoms with Crippen molar-refractivity contribution in [3.63, 3.8) is 0 Å². The van der Waals surface area contributed by atoms with Gasteiger partial charge in [0.15, 0.2) is 5.78 Å². The van der Waals surface area contributed by atoms with Crippen LogP contribution >= 0.6 is 0 Å². The molecular weight excluding hydrogens is 188 g/mol. The molecule has 0 aliphatic heterocycles. The quantitative estimate of drug-likeness (QED) is 0.544. The summed E-state index contributed by atoms with van der Waals surface area (Å²) in [5.41, 5.74) is 2.90. The van der Waals surface area contributed by atoms with Gasteiger partial charge in [-0.05, 0) is 25.0 Å². The van der Waals surface area contributed by atoms with Gasteiger partial charge in [0.1, 0.15) is 5.76 Å². The van der Waals surface area contributed by atoms with E-state index in [1.807, 2.05) is 38.1 Å². The molecular formula is C13H14O2. The van der Waals surface area contributed by atoms with E-state index in [0.29, 0.717) is 13.0 Å². The number of allylic oxidation sites excluding steroid dienone is 2. The Kier molecular flexibility index (Phi) is 2.58. The van der Waals surface area contributed by atoms with Gasteiger partial charge in [-0.2, -0.15) is 0 Å². The van der Waals surface area contributed by atoms with Gasteiger partial charge in [0.25, 0.3) is 0 Å². The first kappa shape index (κ1) is 9.97.